The van der Waals surface area contributed by atoms with Crippen molar-refractivity contribution in [2.45, 2.75) is 45.4 Å². The molecule has 3 N–H and O–H groups in total. The minimum Gasteiger partial charge on any atom is -0.394 e. The molecule has 1 heterocycles. The Kier molecular flexibility index (Phi) is 6.70. The van der Waals surface area contributed by atoms with E-state index in [1.807, 2.05) is 0 Å². The summed E-state index contributed by atoms with van der Waals surface area (Å²) in [5, 5.41) is 3.41. The Hall–Kier alpha value is -1.03. The molecule has 0 aliphatic rings. The van der Waals surface area contributed by atoms with Gasteiger partial charge in [0.2, 0.25) is 5.28 Å². The lowest BCUT2D eigenvalue weighted by molar-refractivity contribution is 0.617. The third-order valence-electron chi connectivity index (χ3n) is 2.61. The minimum atomic E-state index is 0.227. The van der Waals surface area contributed by atoms with Gasteiger partial charge in [0.15, 0.2) is 5.82 Å². The number of aromatic nitrogens is 2. The number of nitrogens with zero attached hydrogens (tertiary/aromatic N) is 2. The molecule has 0 spiro atoms. The molecule has 1 aromatic heterocycles. The lowest BCUT2D eigenvalue weighted by atomic mass is 10.1. The Balaban J connectivity index is 2.15. The molecule has 0 fully saturated rings. The fraction of sp³-hybridized carbons (Fsp3) is 0.667. The molecule has 0 bridgehead atoms. The molecule has 0 aliphatic heterocycles. The molecule has 1 rings (SSSR count). The molecular formula is C12H21ClN4. The zero-order valence-corrected chi connectivity index (χ0v) is 11.1. The second kappa shape index (κ2) is 8.12. The Morgan fingerprint density at radius 3 is 2.71 bits per heavy atom. The molecular weight excluding hydrogens is 236 g/mol. The number of rotatable bonds is 8. The molecule has 5 heteroatoms. The summed E-state index contributed by atoms with van der Waals surface area (Å²) in [5.41, 5.74) is 6.27. The van der Waals surface area contributed by atoms with Gasteiger partial charge in [-0.05, 0) is 18.0 Å². The van der Waals surface area contributed by atoms with E-state index < -0.39 is 0 Å². The highest BCUT2D eigenvalue weighted by molar-refractivity contribution is 6.28. The largest absolute Gasteiger partial charge is 0.394 e. The first-order valence-corrected chi connectivity index (χ1v) is 6.63. The zero-order chi connectivity index (χ0) is 12.5. The van der Waals surface area contributed by atoms with Crippen molar-refractivity contribution in [3.63, 3.8) is 0 Å². The second-order valence-corrected chi connectivity index (χ2v) is 4.48. The van der Waals surface area contributed by atoms with Crippen LogP contribution in [0.1, 0.15) is 45.4 Å². The maximum Gasteiger partial charge on any atom is 0.224 e. The third-order valence-corrected chi connectivity index (χ3v) is 2.79. The quantitative estimate of drug-likeness (QED) is 0.552. The Morgan fingerprint density at radius 1 is 1.24 bits per heavy atom. The van der Waals surface area contributed by atoms with Crippen LogP contribution in [-0.2, 0) is 0 Å². The molecule has 0 aliphatic carbocycles. The lowest BCUT2D eigenvalue weighted by Gasteiger charge is -2.07. The van der Waals surface area contributed by atoms with Crippen molar-refractivity contribution in [2.75, 3.05) is 17.6 Å². The van der Waals surface area contributed by atoms with Gasteiger partial charge >= 0.3 is 0 Å². The van der Waals surface area contributed by atoms with E-state index in [-0.39, 0.29) is 5.28 Å². The summed E-state index contributed by atoms with van der Waals surface area (Å²) in [7, 11) is 0. The smallest absolute Gasteiger partial charge is 0.224 e. The zero-order valence-electron chi connectivity index (χ0n) is 10.4. The van der Waals surface area contributed by atoms with E-state index in [9.17, 15) is 0 Å². The molecule has 17 heavy (non-hydrogen) atoms. The molecule has 0 amide bonds. The number of unbranched alkanes of at least 4 members (excludes halogenated alkanes) is 5. The lowest BCUT2D eigenvalue weighted by Crippen LogP contribution is -2.07. The normalized spacial score (nSPS) is 10.5. The molecule has 0 radical (unpaired) electrons. The van der Waals surface area contributed by atoms with Crippen molar-refractivity contribution in [2.24, 2.45) is 0 Å². The number of nitrogen functional groups attached to an aromatic ring is 1. The number of nitrogens with one attached hydrogen (secondary N) is 1. The van der Waals surface area contributed by atoms with E-state index in [2.05, 4.69) is 22.2 Å². The number of nitrogens with two attached hydrogens (primary N) is 1. The first-order chi connectivity index (χ1) is 8.24. The number of hydrogen-bond donors (Lipinski definition) is 2. The molecule has 4 nitrogen and oxygen atoms in total. The van der Waals surface area contributed by atoms with Gasteiger partial charge in [0.25, 0.3) is 0 Å². The number of hydrogen-bond acceptors (Lipinski definition) is 4. The van der Waals surface area contributed by atoms with Crippen LogP contribution in [0.2, 0.25) is 5.28 Å². The highest BCUT2D eigenvalue weighted by Crippen LogP contribution is 2.15. The van der Waals surface area contributed by atoms with Gasteiger partial charge in [-0.1, -0.05) is 39.0 Å². The summed E-state index contributed by atoms with van der Waals surface area (Å²) in [6, 6.07) is 0. The van der Waals surface area contributed by atoms with E-state index >= 15 is 0 Å². The van der Waals surface area contributed by atoms with E-state index in [0.717, 1.165) is 13.0 Å². The van der Waals surface area contributed by atoms with Crippen molar-refractivity contribution in [3.8, 4) is 0 Å². The number of halogens is 1. The van der Waals surface area contributed by atoms with Gasteiger partial charge in [0, 0.05) is 6.54 Å². The van der Waals surface area contributed by atoms with Crippen molar-refractivity contribution in [1.29, 1.82) is 0 Å². The molecule has 1 aromatic rings. The Bertz CT molecular complexity index is 330. The van der Waals surface area contributed by atoms with Gasteiger partial charge in [-0.3, -0.25) is 0 Å². The van der Waals surface area contributed by atoms with Crippen molar-refractivity contribution in [3.05, 3.63) is 11.5 Å². The van der Waals surface area contributed by atoms with Crippen LogP contribution in [0.25, 0.3) is 0 Å². The maximum absolute atomic E-state index is 5.72. The summed E-state index contributed by atoms with van der Waals surface area (Å²) >= 11 is 5.70. The monoisotopic (exact) mass is 256 g/mol. The average molecular weight is 257 g/mol. The van der Waals surface area contributed by atoms with Crippen LogP contribution >= 0.6 is 11.6 Å². The summed E-state index contributed by atoms with van der Waals surface area (Å²) in [5.74, 6) is 0.638. The third kappa shape index (κ3) is 5.73. The molecule has 96 valence electrons. The predicted octanol–water partition coefficient (Wildman–Crippen LogP) is 3.48. The molecule has 0 unspecified atom stereocenters. The van der Waals surface area contributed by atoms with E-state index in [4.69, 9.17) is 17.3 Å². The molecule has 0 saturated heterocycles. The molecule has 0 atom stereocenters. The first-order valence-electron chi connectivity index (χ1n) is 6.26. The van der Waals surface area contributed by atoms with Crippen molar-refractivity contribution >= 4 is 23.1 Å². The predicted molar refractivity (Wildman–Crippen MR) is 73.3 cm³/mol. The summed E-state index contributed by atoms with van der Waals surface area (Å²) < 4.78 is 0. The van der Waals surface area contributed by atoms with Crippen LogP contribution in [0.5, 0.6) is 0 Å². The van der Waals surface area contributed by atoms with Crippen LogP contribution in [-0.4, -0.2) is 16.5 Å². The first kappa shape index (κ1) is 14.0. The Labute approximate surface area is 108 Å². The van der Waals surface area contributed by atoms with Gasteiger partial charge in [0.05, 0.1) is 11.9 Å². The highest BCUT2D eigenvalue weighted by atomic mass is 35.5. The van der Waals surface area contributed by atoms with Gasteiger partial charge in [0.1, 0.15) is 0 Å². The van der Waals surface area contributed by atoms with Crippen LogP contribution in [0.15, 0.2) is 6.20 Å². The minimum absolute atomic E-state index is 0.227. The summed E-state index contributed by atoms with van der Waals surface area (Å²) in [6.07, 6.45) is 9.15. The standard InChI is InChI=1S/C12H21ClN4/c1-2-3-4-5-6-7-8-15-11-10(14)9-16-12(13)17-11/h9H,2-8,14H2,1H3,(H,15,16,17). The van der Waals surface area contributed by atoms with Gasteiger partial charge in [-0.2, -0.15) is 4.98 Å². The summed E-state index contributed by atoms with van der Waals surface area (Å²) in [4.78, 5) is 7.84. The van der Waals surface area contributed by atoms with Crippen molar-refractivity contribution < 1.29 is 0 Å². The average Bonchev–Trinajstić information content (AvgIpc) is 2.32. The van der Waals surface area contributed by atoms with Crippen molar-refractivity contribution in [1.82, 2.24) is 9.97 Å². The highest BCUT2D eigenvalue weighted by Gasteiger charge is 2.01. The van der Waals surface area contributed by atoms with Crippen LogP contribution < -0.4 is 11.1 Å². The van der Waals surface area contributed by atoms with Gasteiger partial charge < -0.3 is 11.1 Å². The van der Waals surface area contributed by atoms with Gasteiger partial charge in [-0.15, -0.1) is 0 Å². The van der Waals surface area contributed by atoms with E-state index in [1.54, 1.807) is 0 Å². The molecule has 0 aromatic carbocycles. The van der Waals surface area contributed by atoms with Crippen LogP contribution in [0.3, 0.4) is 0 Å². The number of anilines is 2. The fourth-order valence-electron chi connectivity index (χ4n) is 1.62. The Morgan fingerprint density at radius 2 is 1.94 bits per heavy atom. The molecule has 0 saturated carbocycles. The maximum atomic E-state index is 5.72. The van der Waals surface area contributed by atoms with Crippen LogP contribution in [0.4, 0.5) is 11.5 Å². The topological polar surface area (TPSA) is 63.8 Å². The van der Waals surface area contributed by atoms with E-state index in [0.29, 0.717) is 11.5 Å². The fourth-order valence-corrected chi connectivity index (χ4v) is 1.76. The second-order valence-electron chi connectivity index (χ2n) is 4.14. The summed E-state index contributed by atoms with van der Waals surface area (Å²) in [6.45, 7) is 3.10. The van der Waals surface area contributed by atoms with Gasteiger partial charge in [-0.25, -0.2) is 4.98 Å². The SMILES string of the molecule is CCCCCCCCNc1nc(Cl)ncc1N. The van der Waals surface area contributed by atoms with Crippen LogP contribution in [0, 0.1) is 0 Å². The van der Waals surface area contributed by atoms with E-state index in [1.165, 1.54) is 38.3 Å².